The van der Waals surface area contributed by atoms with Gasteiger partial charge in [0.15, 0.2) is 0 Å². The Hall–Kier alpha value is -1.02. The Bertz CT molecular complexity index is 1720. The van der Waals surface area contributed by atoms with Crippen molar-refractivity contribution in [1.29, 1.82) is 0 Å². The third-order valence-corrected chi connectivity index (χ3v) is 6.60. The summed E-state index contributed by atoms with van der Waals surface area (Å²) in [5.74, 6) is 1.76. The SMILES string of the molecule is CCCCc1nc2ccc(C(C)C)cc2c(=O)n1Cc1ccc(-c2ccccc2-c2nn[nH]n2)cc1.O=P([O-])([O-])[O-].[Na+].[Na+].[Na+]. The monoisotopic (exact) mass is 642 g/mol. The number of H-pyrrole nitrogens is 1. The second kappa shape index (κ2) is 19.0. The molecule has 0 saturated heterocycles. The summed E-state index contributed by atoms with van der Waals surface area (Å²) in [6, 6.07) is 22.4. The fourth-order valence-electron chi connectivity index (χ4n) is 4.51. The third-order valence-electron chi connectivity index (χ3n) is 6.60. The molecule has 5 rings (SSSR count). The van der Waals surface area contributed by atoms with Gasteiger partial charge < -0.3 is 19.2 Å². The van der Waals surface area contributed by atoms with Gasteiger partial charge in [0.05, 0.1) is 17.4 Å². The van der Waals surface area contributed by atoms with E-state index in [1.807, 2.05) is 41.0 Å². The summed E-state index contributed by atoms with van der Waals surface area (Å²) in [5.41, 5.74) is 6.00. The first-order valence-electron chi connectivity index (χ1n) is 13.2. The normalized spacial score (nSPS) is 10.7. The zero-order valence-electron chi connectivity index (χ0n) is 26.0. The molecule has 0 radical (unpaired) electrons. The number of nitrogens with zero attached hydrogens (tertiary/aromatic N) is 5. The first kappa shape index (κ1) is 41.0. The number of benzene rings is 3. The zero-order chi connectivity index (χ0) is 29.6. The van der Waals surface area contributed by atoms with Crippen LogP contribution in [-0.2, 0) is 17.5 Å². The van der Waals surface area contributed by atoms with Crippen LogP contribution in [0.4, 0.5) is 0 Å². The van der Waals surface area contributed by atoms with Gasteiger partial charge in [-0.2, -0.15) is 13.0 Å². The van der Waals surface area contributed by atoms with E-state index in [1.165, 1.54) is 0 Å². The predicted molar refractivity (Wildman–Crippen MR) is 150 cm³/mol. The summed E-state index contributed by atoms with van der Waals surface area (Å²) in [4.78, 5) is 44.2. The molecule has 1 N–H and O–H groups in total. The van der Waals surface area contributed by atoms with Gasteiger partial charge in [-0.25, -0.2) is 4.98 Å². The van der Waals surface area contributed by atoms with Crippen LogP contribution in [0.2, 0.25) is 0 Å². The molecule has 0 unspecified atom stereocenters. The van der Waals surface area contributed by atoms with Gasteiger partial charge in [0, 0.05) is 12.0 Å². The number of aromatic amines is 1. The molecule has 5 aromatic rings. The summed E-state index contributed by atoms with van der Waals surface area (Å²) in [7, 11) is -5.39. The van der Waals surface area contributed by atoms with E-state index in [9.17, 15) is 4.79 Å². The molecule has 3 aromatic carbocycles. The maximum absolute atomic E-state index is 13.7. The maximum Gasteiger partial charge on any atom is 1.00 e. The van der Waals surface area contributed by atoms with E-state index in [0.717, 1.165) is 58.4 Å². The van der Waals surface area contributed by atoms with Crippen molar-refractivity contribution in [2.75, 3.05) is 0 Å². The van der Waals surface area contributed by atoms with Crippen molar-refractivity contribution < 1.29 is 108 Å². The molecule has 0 saturated carbocycles. The molecule has 15 heteroatoms. The summed E-state index contributed by atoms with van der Waals surface area (Å²) in [6.07, 6.45) is 2.83. The van der Waals surface area contributed by atoms with Crippen LogP contribution in [-0.4, -0.2) is 30.2 Å². The molecule has 0 aliphatic heterocycles. The fraction of sp³-hybridized carbons (Fsp3) is 0.276. The van der Waals surface area contributed by atoms with E-state index in [1.54, 1.807) is 0 Å². The Morgan fingerprint density at radius 3 is 2.14 bits per heavy atom. The minimum absolute atomic E-state index is 0. The van der Waals surface area contributed by atoms with Gasteiger partial charge in [0.25, 0.3) is 5.56 Å². The van der Waals surface area contributed by atoms with E-state index in [0.29, 0.717) is 23.7 Å². The van der Waals surface area contributed by atoms with Gasteiger partial charge in [-0.15, -0.1) is 10.2 Å². The summed E-state index contributed by atoms with van der Waals surface area (Å²) in [6.45, 7) is 6.92. The number of rotatable bonds is 8. The van der Waals surface area contributed by atoms with Crippen molar-refractivity contribution >= 4 is 18.7 Å². The molecule has 11 nitrogen and oxygen atoms in total. The average molecular weight is 643 g/mol. The van der Waals surface area contributed by atoms with Gasteiger partial charge in [-0.05, 0) is 51.9 Å². The first-order chi connectivity index (χ1) is 19.5. The van der Waals surface area contributed by atoms with Crippen LogP contribution in [0.5, 0.6) is 0 Å². The minimum Gasteiger partial charge on any atom is -0.822 e. The van der Waals surface area contributed by atoms with Crippen molar-refractivity contribution in [1.82, 2.24) is 30.2 Å². The molecule has 0 amide bonds. The van der Waals surface area contributed by atoms with Crippen LogP contribution in [0, 0.1) is 0 Å². The summed E-state index contributed by atoms with van der Waals surface area (Å²) < 4.78 is 10.4. The smallest absolute Gasteiger partial charge is 0.822 e. The predicted octanol–water partition coefficient (Wildman–Crippen LogP) is -6.05. The van der Waals surface area contributed by atoms with Gasteiger partial charge in [0.2, 0.25) is 5.82 Å². The fourth-order valence-corrected chi connectivity index (χ4v) is 4.51. The van der Waals surface area contributed by atoms with Gasteiger partial charge in [-0.3, -0.25) is 9.36 Å². The molecule has 0 aliphatic rings. The van der Waals surface area contributed by atoms with Crippen LogP contribution >= 0.6 is 7.82 Å². The van der Waals surface area contributed by atoms with Crippen molar-refractivity contribution in [2.45, 2.75) is 52.5 Å². The zero-order valence-corrected chi connectivity index (χ0v) is 32.9. The maximum atomic E-state index is 13.7. The Kier molecular flexibility index (Phi) is 17.7. The quantitative estimate of drug-likeness (QED) is 0.128. The molecule has 0 bridgehead atoms. The van der Waals surface area contributed by atoms with Crippen molar-refractivity contribution in [3.05, 3.63) is 94.0 Å². The molecule has 44 heavy (non-hydrogen) atoms. The number of phosphoric acid groups is 1. The van der Waals surface area contributed by atoms with Gasteiger partial charge in [-0.1, -0.05) is 81.8 Å². The second-order valence-electron chi connectivity index (χ2n) is 9.88. The molecule has 0 aliphatic carbocycles. The number of nitrogens with one attached hydrogen (secondary N) is 1. The molecule has 214 valence electrons. The number of hydrogen-bond donors (Lipinski definition) is 1. The number of aryl methyl sites for hydroxylation is 1. The topological polar surface area (TPSA) is 176 Å². The number of unbranched alkanes of at least 4 members (excludes halogenated alkanes) is 1. The van der Waals surface area contributed by atoms with E-state index in [-0.39, 0.29) is 94.2 Å². The minimum atomic E-state index is -5.39. The van der Waals surface area contributed by atoms with E-state index in [4.69, 9.17) is 24.2 Å². The van der Waals surface area contributed by atoms with Crippen LogP contribution in [0.25, 0.3) is 33.4 Å². The van der Waals surface area contributed by atoms with Crippen molar-refractivity contribution in [2.24, 2.45) is 0 Å². The molecule has 0 atom stereocenters. The molecule has 0 spiro atoms. The number of aromatic nitrogens is 6. The van der Waals surface area contributed by atoms with Crippen LogP contribution in [0.1, 0.15) is 56.5 Å². The van der Waals surface area contributed by atoms with Crippen molar-refractivity contribution in [3.8, 4) is 22.5 Å². The van der Waals surface area contributed by atoms with Crippen LogP contribution < -0.4 is 109 Å². The third kappa shape index (κ3) is 11.3. The number of tetrazole rings is 1. The Balaban J connectivity index is 0.00000112. The first-order valence-corrected chi connectivity index (χ1v) is 14.7. The summed E-state index contributed by atoms with van der Waals surface area (Å²) in [5, 5.41) is 15.2. The van der Waals surface area contributed by atoms with Gasteiger partial charge in [0.1, 0.15) is 5.82 Å². The Morgan fingerprint density at radius 2 is 1.57 bits per heavy atom. The molecular formula is C29H30N6Na3O5P. The Morgan fingerprint density at radius 1 is 0.932 bits per heavy atom. The van der Waals surface area contributed by atoms with E-state index >= 15 is 0 Å². The Labute approximate surface area is 322 Å². The average Bonchev–Trinajstić information content (AvgIpc) is 3.48. The molecule has 2 heterocycles. The molecule has 0 fully saturated rings. The van der Waals surface area contributed by atoms with E-state index in [2.05, 4.69) is 71.7 Å². The van der Waals surface area contributed by atoms with Crippen LogP contribution in [0.3, 0.4) is 0 Å². The van der Waals surface area contributed by atoms with Crippen molar-refractivity contribution in [3.63, 3.8) is 0 Å². The largest absolute Gasteiger partial charge is 1.00 e. The van der Waals surface area contributed by atoms with E-state index < -0.39 is 7.82 Å². The molecule has 2 aromatic heterocycles. The molecular weight excluding hydrogens is 612 g/mol. The second-order valence-corrected chi connectivity index (χ2v) is 10.8. The number of fused-ring (bicyclic) bond motifs is 1. The standard InChI is InChI=1S/C29H30N6O.3Na.H3O4P/c1-4-5-10-27-30-26-16-15-22(19(2)3)17-25(26)29(36)35(27)18-20-11-13-21(14-12-20)23-8-6-7-9-24(23)28-31-33-34-32-28;;;;1-5(2,3)4/h6-9,11-17,19H,4-5,10,18H2,1-3H3,(H,31,32,33,34);;;;(H3,1,2,3,4)/q;3*+1;/p-3. The van der Waals surface area contributed by atoms with Crippen LogP contribution in [0.15, 0.2) is 71.5 Å². The number of hydrogen-bond acceptors (Lipinski definition) is 9. The van der Waals surface area contributed by atoms with Gasteiger partial charge >= 0.3 is 88.7 Å². The summed E-state index contributed by atoms with van der Waals surface area (Å²) >= 11 is 0.